The molecule has 29 heavy (non-hydrogen) atoms. The first-order chi connectivity index (χ1) is 14.1. The predicted octanol–water partition coefficient (Wildman–Crippen LogP) is 5.86. The fourth-order valence-corrected chi connectivity index (χ4v) is 4.12. The lowest BCUT2D eigenvalue weighted by molar-refractivity contribution is 0.273. The number of thiazole rings is 1. The average molecular weight is 424 g/mol. The van der Waals surface area contributed by atoms with Gasteiger partial charge in [0.1, 0.15) is 11.6 Å². The molecule has 0 saturated carbocycles. The molecule has 4 nitrogen and oxygen atoms in total. The van der Waals surface area contributed by atoms with Gasteiger partial charge in [0.05, 0.1) is 12.1 Å². The van der Waals surface area contributed by atoms with E-state index in [0.717, 1.165) is 33.6 Å². The summed E-state index contributed by atoms with van der Waals surface area (Å²) in [5, 5.41) is 4.91. The van der Waals surface area contributed by atoms with E-state index in [1.54, 1.807) is 11.3 Å². The zero-order chi connectivity index (χ0) is 20.2. The molecule has 0 N–H and O–H groups in total. The van der Waals surface area contributed by atoms with Crippen molar-refractivity contribution in [3.8, 4) is 5.88 Å². The van der Waals surface area contributed by atoms with Gasteiger partial charge in [0.2, 0.25) is 5.88 Å². The van der Waals surface area contributed by atoms with E-state index in [-0.39, 0.29) is 0 Å². The number of halogens is 1. The number of nitrogens with zero attached hydrogens (tertiary/aromatic N) is 3. The van der Waals surface area contributed by atoms with Gasteiger partial charge in [-0.1, -0.05) is 41.4 Å². The quantitative estimate of drug-likeness (QED) is 0.373. The van der Waals surface area contributed by atoms with Crippen molar-refractivity contribution in [3.05, 3.63) is 86.8 Å². The number of aromatic nitrogens is 2. The fourth-order valence-electron chi connectivity index (χ4n) is 3.23. The second-order valence-corrected chi connectivity index (χ2v) is 8.51. The van der Waals surface area contributed by atoms with Crippen molar-refractivity contribution < 1.29 is 4.74 Å². The van der Waals surface area contributed by atoms with Crippen molar-refractivity contribution in [2.75, 3.05) is 7.05 Å². The van der Waals surface area contributed by atoms with Gasteiger partial charge in [0.25, 0.3) is 0 Å². The highest BCUT2D eigenvalue weighted by atomic mass is 35.5. The Kier molecular flexibility index (Phi) is 6.09. The molecule has 4 rings (SSSR count). The number of ether oxygens (including phenoxy) is 1. The monoisotopic (exact) mass is 423 g/mol. The van der Waals surface area contributed by atoms with Crippen molar-refractivity contribution in [3.63, 3.8) is 0 Å². The summed E-state index contributed by atoms with van der Waals surface area (Å²) in [6.07, 6.45) is 1.84. The van der Waals surface area contributed by atoms with E-state index in [1.807, 2.05) is 41.9 Å². The number of hydrogen-bond acceptors (Lipinski definition) is 5. The second kappa shape index (κ2) is 8.91. The van der Waals surface area contributed by atoms with Gasteiger partial charge in [-0.05, 0) is 38.2 Å². The first-order valence-electron chi connectivity index (χ1n) is 9.42. The molecule has 0 radical (unpaired) electrons. The molecular formula is C23H22ClN3OS. The minimum Gasteiger partial charge on any atom is -0.472 e. The Morgan fingerprint density at radius 3 is 2.72 bits per heavy atom. The van der Waals surface area contributed by atoms with Crippen LogP contribution < -0.4 is 4.74 Å². The van der Waals surface area contributed by atoms with Gasteiger partial charge in [0, 0.05) is 39.7 Å². The Labute approximate surface area is 179 Å². The molecule has 2 heterocycles. The van der Waals surface area contributed by atoms with Gasteiger partial charge in [-0.2, -0.15) is 0 Å². The highest BCUT2D eigenvalue weighted by Crippen LogP contribution is 2.26. The molecule has 0 aliphatic heterocycles. The number of benzene rings is 2. The van der Waals surface area contributed by atoms with Gasteiger partial charge < -0.3 is 4.74 Å². The smallest absolute Gasteiger partial charge is 0.218 e. The topological polar surface area (TPSA) is 38.2 Å². The van der Waals surface area contributed by atoms with Crippen molar-refractivity contribution in [1.82, 2.24) is 14.9 Å². The van der Waals surface area contributed by atoms with Crippen LogP contribution in [0, 0.1) is 6.92 Å². The number of aryl methyl sites for hydroxylation is 1. The van der Waals surface area contributed by atoms with Gasteiger partial charge in [0.15, 0.2) is 0 Å². The third kappa shape index (κ3) is 4.93. The number of fused-ring (bicyclic) bond motifs is 1. The molecule has 0 atom stereocenters. The molecule has 0 unspecified atom stereocenters. The Morgan fingerprint density at radius 2 is 1.93 bits per heavy atom. The van der Waals surface area contributed by atoms with Crippen molar-refractivity contribution in [2.24, 2.45) is 0 Å². The first-order valence-corrected chi connectivity index (χ1v) is 10.7. The van der Waals surface area contributed by atoms with Crippen LogP contribution in [-0.4, -0.2) is 21.9 Å². The third-order valence-corrected chi connectivity index (χ3v) is 5.79. The predicted molar refractivity (Wildman–Crippen MR) is 120 cm³/mol. The van der Waals surface area contributed by atoms with Gasteiger partial charge in [-0.25, -0.2) is 9.97 Å². The zero-order valence-corrected chi connectivity index (χ0v) is 18.0. The SMILES string of the molecule is Cc1ccc2nc(OCc3ccccc3Cl)c(CN(C)Cc3nccs3)cc2c1. The maximum atomic E-state index is 6.29. The van der Waals surface area contributed by atoms with Crippen LogP contribution in [0.2, 0.25) is 5.02 Å². The van der Waals surface area contributed by atoms with Crippen molar-refractivity contribution in [1.29, 1.82) is 0 Å². The minimum atomic E-state index is 0.382. The molecule has 0 saturated heterocycles. The van der Waals surface area contributed by atoms with E-state index < -0.39 is 0 Å². The zero-order valence-electron chi connectivity index (χ0n) is 16.4. The van der Waals surface area contributed by atoms with E-state index in [1.165, 1.54) is 5.56 Å². The van der Waals surface area contributed by atoms with Crippen LogP contribution in [-0.2, 0) is 19.7 Å². The standard InChI is InChI=1S/C23H22ClN3OS/c1-16-7-8-21-18(11-16)12-19(13-27(2)14-22-25-9-10-29-22)23(26-21)28-15-17-5-3-4-6-20(17)24/h3-12H,13-15H2,1-2H3. The van der Waals surface area contributed by atoms with E-state index in [2.05, 4.69) is 42.1 Å². The van der Waals surface area contributed by atoms with E-state index in [4.69, 9.17) is 21.3 Å². The summed E-state index contributed by atoms with van der Waals surface area (Å²) in [6.45, 7) is 3.98. The van der Waals surface area contributed by atoms with Crippen LogP contribution in [0.5, 0.6) is 5.88 Å². The second-order valence-electron chi connectivity index (χ2n) is 7.13. The lowest BCUT2D eigenvalue weighted by atomic mass is 10.1. The normalized spacial score (nSPS) is 11.3. The number of hydrogen-bond donors (Lipinski definition) is 0. The van der Waals surface area contributed by atoms with Crippen LogP contribution >= 0.6 is 22.9 Å². The van der Waals surface area contributed by atoms with Crippen LogP contribution in [0.25, 0.3) is 10.9 Å². The molecular weight excluding hydrogens is 402 g/mol. The molecule has 0 aliphatic rings. The van der Waals surface area contributed by atoms with Crippen LogP contribution in [0.15, 0.2) is 60.1 Å². The van der Waals surface area contributed by atoms with Crippen molar-refractivity contribution >= 4 is 33.8 Å². The molecule has 2 aromatic carbocycles. The summed E-state index contributed by atoms with van der Waals surface area (Å²) in [7, 11) is 2.08. The molecule has 0 spiro atoms. The molecule has 0 amide bonds. The summed E-state index contributed by atoms with van der Waals surface area (Å²) in [4.78, 5) is 11.4. The Hall–Kier alpha value is -2.47. The van der Waals surface area contributed by atoms with Gasteiger partial charge >= 0.3 is 0 Å². The summed E-state index contributed by atoms with van der Waals surface area (Å²) in [5.41, 5.74) is 4.14. The lowest BCUT2D eigenvalue weighted by Crippen LogP contribution is -2.18. The lowest BCUT2D eigenvalue weighted by Gasteiger charge is -2.18. The largest absolute Gasteiger partial charge is 0.472 e. The van der Waals surface area contributed by atoms with Crippen molar-refractivity contribution in [2.45, 2.75) is 26.6 Å². The fraction of sp³-hybridized carbons (Fsp3) is 0.217. The molecule has 2 aromatic heterocycles. The minimum absolute atomic E-state index is 0.382. The summed E-state index contributed by atoms with van der Waals surface area (Å²) >= 11 is 7.96. The third-order valence-electron chi connectivity index (χ3n) is 4.66. The maximum Gasteiger partial charge on any atom is 0.218 e. The Morgan fingerprint density at radius 1 is 1.07 bits per heavy atom. The Balaban J connectivity index is 1.62. The summed E-state index contributed by atoms with van der Waals surface area (Å²) < 4.78 is 6.14. The molecule has 0 bridgehead atoms. The average Bonchev–Trinajstić information content (AvgIpc) is 3.20. The van der Waals surface area contributed by atoms with Crippen LogP contribution in [0.4, 0.5) is 0 Å². The number of rotatable bonds is 7. The molecule has 0 fully saturated rings. The summed E-state index contributed by atoms with van der Waals surface area (Å²) in [6, 6.07) is 16.2. The van der Waals surface area contributed by atoms with Crippen LogP contribution in [0.1, 0.15) is 21.7 Å². The molecule has 0 aliphatic carbocycles. The highest BCUT2D eigenvalue weighted by Gasteiger charge is 2.13. The van der Waals surface area contributed by atoms with E-state index in [9.17, 15) is 0 Å². The molecule has 6 heteroatoms. The number of pyridine rings is 1. The van der Waals surface area contributed by atoms with Gasteiger partial charge in [-0.15, -0.1) is 11.3 Å². The molecule has 4 aromatic rings. The maximum absolute atomic E-state index is 6.29. The highest BCUT2D eigenvalue weighted by molar-refractivity contribution is 7.09. The van der Waals surface area contributed by atoms with E-state index >= 15 is 0 Å². The molecule has 148 valence electrons. The summed E-state index contributed by atoms with van der Waals surface area (Å²) in [5.74, 6) is 0.646. The first kappa shape index (κ1) is 19.8. The van der Waals surface area contributed by atoms with Gasteiger partial charge in [-0.3, -0.25) is 4.90 Å². The van der Waals surface area contributed by atoms with Crippen LogP contribution in [0.3, 0.4) is 0 Å². The Bertz CT molecular complexity index is 1110. The van der Waals surface area contributed by atoms with E-state index in [0.29, 0.717) is 24.1 Å².